The molecule has 9 nitrogen and oxygen atoms in total. The number of aromatic nitrogens is 5. The molecule has 1 aliphatic heterocycles. The highest BCUT2D eigenvalue weighted by Gasteiger charge is 2.35. The average molecular weight is 448 g/mol. The Hall–Kier alpha value is -3.49. The van der Waals surface area contributed by atoms with Gasteiger partial charge in [0.15, 0.2) is 11.5 Å². The van der Waals surface area contributed by atoms with Crippen LogP contribution < -0.4 is 16.2 Å². The number of aromatic amines is 2. The quantitative estimate of drug-likeness (QED) is 0.559. The highest BCUT2D eigenvalue weighted by Crippen LogP contribution is 2.40. The zero-order valence-corrected chi connectivity index (χ0v) is 19.2. The zero-order valence-electron chi connectivity index (χ0n) is 19.2. The van der Waals surface area contributed by atoms with Gasteiger partial charge >= 0.3 is 5.69 Å². The number of nitrogen functional groups attached to an aromatic ring is 1. The maximum atomic E-state index is 11.2. The lowest BCUT2D eigenvalue weighted by Crippen LogP contribution is -2.41. The smallest absolute Gasteiger partial charge is 0.340 e. The van der Waals surface area contributed by atoms with Gasteiger partial charge in [0.2, 0.25) is 5.88 Å². The molecule has 0 saturated heterocycles. The summed E-state index contributed by atoms with van der Waals surface area (Å²) >= 11 is 0. The van der Waals surface area contributed by atoms with Gasteiger partial charge in [0.1, 0.15) is 17.2 Å². The van der Waals surface area contributed by atoms with E-state index in [1.54, 1.807) is 6.92 Å². The van der Waals surface area contributed by atoms with Crippen molar-refractivity contribution in [1.29, 1.82) is 0 Å². The molecule has 0 unspecified atom stereocenters. The number of fused-ring (bicyclic) bond motifs is 1. The summed E-state index contributed by atoms with van der Waals surface area (Å²) in [6.07, 6.45) is 5.35. The third-order valence-electron chi connectivity index (χ3n) is 6.67. The van der Waals surface area contributed by atoms with E-state index in [0.717, 1.165) is 49.2 Å². The highest BCUT2D eigenvalue weighted by molar-refractivity contribution is 6.09. The number of ether oxygens (including phenoxy) is 1. The second-order valence-corrected chi connectivity index (χ2v) is 9.55. The number of nitrogens with two attached hydrogens (primary N) is 1. The first-order chi connectivity index (χ1) is 15.8. The summed E-state index contributed by atoms with van der Waals surface area (Å²) in [4.78, 5) is 27.4. The fourth-order valence-corrected chi connectivity index (χ4v) is 4.97. The first kappa shape index (κ1) is 21.4. The van der Waals surface area contributed by atoms with Crippen LogP contribution in [0, 0.1) is 12.8 Å². The predicted molar refractivity (Wildman–Crippen MR) is 126 cm³/mol. The molecule has 3 aromatic rings. The van der Waals surface area contributed by atoms with Crippen LogP contribution in [0.3, 0.4) is 0 Å². The molecule has 0 amide bonds. The summed E-state index contributed by atoms with van der Waals surface area (Å²) in [6, 6.07) is 8.65. The molecule has 0 atom stereocenters. The molecule has 0 spiro atoms. The van der Waals surface area contributed by atoms with Crippen LogP contribution in [0.2, 0.25) is 0 Å². The van der Waals surface area contributed by atoms with E-state index in [2.05, 4.69) is 49.4 Å². The van der Waals surface area contributed by atoms with Crippen LogP contribution >= 0.6 is 0 Å². The van der Waals surface area contributed by atoms with Crippen molar-refractivity contribution in [2.75, 3.05) is 5.73 Å². The molecule has 1 aliphatic carbocycles. The normalized spacial score (nSPS) is 21.7. The van der Waals surface area contributed by atoms with E-state index in [1.807, 2.05) is 13.8 Å². The van der Waals surface area contributed by atoms with Gasteiger partial charge in [0.05, 0.1) is 5.71 Å². The van der Waals surface area contributed by atoms with Crippen LogP contribution in [0.25, 0.3) is 0 Å². The third-order valence-corrected chi connectivity index (χ3v) is 6.67. The fourth-order valence-electron chi connectivity index (χ4n) is 4.97. The van der Waals surface area contributed by atoms with E-state index in [0.29, 0.717) is 35.0 Å². The van der Waals surface area contributed by atoms with Crippen molar-refractivity contribution >= 4 is 17.2 Å². The minimum atomic E-state index is -0.632. The topological polar surface area (TPSA) is 135 Å². The summed E-state index contributed by atoms with van der Waals surface area (Å²) in [6.45, 7) is 5.77. The number of nitrogens with zero attached hydrogens (tertiary/aromatic N) is 4. The maximum absolute atomic E-state index is 11.2. The Balaban J connectivity index is 1.30. The molecule has 172 valence electrons. The molecule has 33 heavy (non-hydrogen) atoms. The maximum Gasteiger partial charge on any atom is 0.340 e. The van der Waals surface area contributed by atoms with Crippen molar-refractivity contribution in [3.05, 3.63) is 57.5 Å². The molecule has 0 bridgehead atoms. The van der Waals surface area contributed by atoms with Gasteiger partial charge in [-0.1, -0.05) is 24.3 Å². The summed E-state index contributed by atoms with van der Waals surface area (Å²) in [5.41, 5.74) is 8.89. The average Bonchev–Trinajstić information content (AvgIpc) is 3.18. The molecule has 1 fully saturated rings. The summed E-state index contributed by atoms with van der Waals surface area (Å²) in [7, 11) is 0. The minimum Gasteiger partial charge on any atom is -0.463 e. The van der Waals surface area contributed by atoms with Gasteiger partial charge in [-0.15, -0.1) is 0 Å². The van der Waals surface area contributed by atoms with E-state index in [4.69, 9.17) is 15.5 Å². The predicted octanol–water partition coefficient (Wildman–Crippen LogP) is 3.59. The van der Waals surface area contributed by atoms with E-state index >= 15 is 0 Å². The van der Waals surface area contributed by atoms with Gasteiger partial charge in [-0.2, -0.15) is 10.1 Å². The van der Waals surface area contributed by atoms with Gasteiger partial charge in [-0.05, 0) is 63.9 Å². The Morgan fingerprint density at radius 3 is 2.52 bits per heavy atom. The number of hydrogen-bond donors (Lipinski definition) is 3. The Kier molecular flexibility index (Phi) is 5.26. The molecule has 2 aromatic heterocycles. The number of aliphatic imine (C=N–C) groups is 1. The second kappa shape index (κ2) is 8.13. The first-order valence-electron chi connectivity index (χ1n) is 11.4. The third kappa shape index (κ3) is 4.27. The molecule has 3 heterocycles. The van der Waals surface area contributed by atoms with Crippen LogP contribution in [-0.4, -0.2) is 36.5 Å². The Morgan fingerprint density at radius 1 is 1.12 bits per heavy atom. The van der Waals surface area contributed by atoms with Crippen molar-refractivity contribution in [3.63, 3.8) is 0 Å². The van der Waals surface area contributed by atoms with Crippen molar-refractivity contribution in [1.82, 2.24) is 25.1 Å². The Bertz CT molecular complexity index is 1250. The van der Waals surface area contributed by atoms with Crippen LogP contribution in [-0.2, 0) is 6.42 Å². The van der Waals surface area contributed by atoms with Gasteiger partial charge in [-0.25, -0.2) is 19.9 Å². The Labute approximate surface area is 191 Å². The van der Waals surface area contributed by atoms with Crippen molar-refractivity contribution < 1.29 is 4.74 Å². The lowest BCUT2D eigenvalue weighted by Gasteiger charge is -2.32. The first-order valence-corrected chi connectivity index (χ1v) is 11.4. The van der Waals surface area contributed by atoms with Gasteiger partial charge in [0, 0.05) is 12.0 Å². The standard InChI is InChI=1S/C24H29N7O2/c1-13-26-21(25)19-22(27-13)33-24(2,3)20(29-19)17-10-8-16(9-11-17)15-6-4-14(5-7-15)12-18-28-23(32)31-30-18/h8-11,14-15H,4-7,12H2,1-3H3,(H2,25,26,27)(H2,28,30,31,32). The highest BCUT2D eigenvalue weighted by atomic mass is 16.5. The number of anilines is 1. The SMILES string of the molecule is Cc1nc(N)c2c(n1)OC(C)(C)C(c1ccc(C3CCC(Cc4n[nH]c(=O)[nH]4)CC3)cc1)=N2. The van der Waals surface area contributed by atoms with Crippen molar-refractivity contribution in [3.8, 4) is 5.88 Å². The number of benzene rings is 1. The number of nitrogens with one attached hydrogen (secondary N) is 2. The minimum absolute atomic E-state index is 0.233. The van der Waals surface area contributed by atoms with E-state index in [-0.39, 0.29) is 5.69 Å². The largest absolute Gasteiger partial charge is 0.463 e. The van der Waals surface area contributed by atoms with E-state index in [9.17, 15) is 4.79 Å². The number of aryl methyl sites for hydroxylation is 1. The van der Waals surface area contributed by atoms with Crippen molar-refractivity contribution in [2.45, 2.75) is 64.4 Å². The van der Waals surface area contributed by atoms with Crippen LogP contribution in [0.5, 0.6) is 5.88 Å². The summed E-state index contributed by atoms with van der Waals surface area (Å²) < 4.78 is 6.17. The second-order valence-electron chi connectivity index (χ2n) is 9.55. The molecule has 1 saturated carbocycles. The van der Waals surface area contributed by atoms with Crippen molar-refractivity contribution in [2.24, 2.45) is 10.9 Å². The zero-order chi connectivity index (χ0) is 23.2. The molecule has 5 rings (SSSR count). The van der Waals surface area contributed by atoms with Gasteiger partial charge in [0.25, 0.3) is 0 Å². The lowest BCUT2D eigenvalue weighted by molar-refractivity contribution is 0.171. The van der Waals surface area contributed by atoms with Gasteiger partial charge in [-0.3, -0.25) is 4.98 Å². The monoisotopic (exact) mass is 447 g/mol. The molecule has 2 aliphatic rings. The number of H-pyrrole nitrogens is 2. The molecular formula is C24H29N7O2. The fraction of sp³-hybridized carbons (Fsp3) is 0.458. The van der Waals surface area contributed by atoms with E-state index < -0.39 is 5.60 Å². The molecule has 4 N–H and O–H groups in total. The molecule has 1 aromatic carbocycles. The summed E-state index contributed by atoms with van der Waals surface area (Å²) in [5.74, 6) is 3.19. The molecule has 9 heteroatoms. The number of hydrogen-bond acceptors (Lipinski definition) is 7. The Morgan fingerprint density at radius 2 is 1.85 bits per heavy atom. The number of rotatable bonds is 4. The van der Waals surface area contributed by atoms with Gasteiger partial charge < -0.3 is 10.5 Å². The molecule has 0 radical (unpaired) electrons. The van der Waals surface area contributed by atoms with E-state index in [1.165, 1.54) is 5.56 Å². The van der Waals surface area contributed by atoms with Crippen LogP contribution in [0.1, 0.15) is 68.2 Å². The molecular weight excluding hydrogens is 418 g/mol. The summed E-state index contributed by atoms with van der Waals surface area (Å²) in [5, 5.41) is 6.49. The lowest BCUT2D eigenvalue weighted by atomic mass is 9.77. The van der Waals surface area contributed by atoms with Crippen LogP contribution in [0.15, 0.2) is 34.1 Å². The van der Waals surface area contributed by atoms with Crippen LogP contribution in [0.4, 0.5) is 11.5 Å².